The van der Waals surface area contributed by atoms with Gasteiger partial charge in [-0.1, -0.05) is 0 Å². The predicted octanol–water partition coefficient (Wildman–Crippen LogP) is 0.371. The number of aromatic amines is 1. The maximum atomic E-state index is 9.68. The van der Waals surface area contributed by atoms with Crippen LogP contribution in [0.5, 0.6) is 0 Å². The Bertz CT molecular complexity index is 255. The van der Waals surface area contributed by atoms with Crippen LogP contribution in [0.1, 0.15) is 13.3 Å². The van der Waals surface area contributed by atoms with Crippen molar-refractivity contribution in [3.63, 3.8) is 0 Å². The summed E-state index contributed by atoms with van der Waals surface area (Å²) < 4.78 is 0. The Labute approximate surface area is 71.2 Å². The van der Waals surface area contributed by atoms with Gasteiger partial charge in [-0.05, 0) is 13.3 Å². The maximum Gasteiger partial charge on any atom is 0.150 e. The van der Waals surface area contributed by atoms with Crippen molar-refractivity contribution in [3.8, 4) is 0 Å². The van der Waals surface area contributed by atoms with Crippen LogP contribution in [0.2, 0.25) is 0 Å². The highest BCUT2D eigenvalue weighted by Crippen LogP contribution is 2.24. The fraction of sp³-hybridized carbons (Fsp3) is 0.625. The first kappa shape index (κ1) is 7.61. The second-order valence-corrected chi connectivity index (χ2v) is 3.60. The maximum absolute atomic E-state index is 9.68. The van der Waals surface area contributed by atoms with Crippen molar-refractivity contribution in [2.45, 2.75) is 18.9 Å². The molecule has 0 aliphatic carbocycles. The second-order valence-electron chi connectivity index (χ2n) is 3.60. The average molecular weight is 167 g/mol. The van der Waals surface area contributed by atoms with E-state index in [4.69, 9.17) is 0 Å². The Kier molecular flexibility index (Phi) is 1.58. The normalized spacial score (nSPS) is 29.7. The highest BCUT2D eigenvalue weighted by Gasteiger charge is 2.31. The standard InChI is InChI=1S/C8H13N3O/c1-8(12)3-5-11(6-8)7-2-4-9-10-7/h2,4,12H,3,5-6H2,1H3,(H,9,10). The smallest absolute Gasteiger partial charge is 0.150 e. The van der Waals surface area contributed by atoms with E-state index in [1.165, 1.54) is 0 Å². The molecule has 1 fully saturated rings. The van der Waals surface area contributed by atoms with E-state index in [0.717, 1.165) is 18.8 Å². The molecule has 66 valence electrons. The molecule has 1 aromatic heterocycles. The van der Waals surface area contributed by atoms with Gasteiger partial charge in [-0.2, -0.15) is 5.10 Å². The molecule has 0 saturated carbocycles. The number of nitrogens with zero attached hydrogens (tertiary/aromatic N) is 2. The zero-order chi connectivity index (χ0) is 8.60. The number of hydrogen-bond acceptors (Lipinski definition) is 3. The minimum absolute atomic E-state index is 0.543. The summed E-state index contributed by atoms with van der Waals surface area (Å²) in [4.78, 5) is 2.08. The lowest BCUT2D eigenvalue weighted by molar-refractivity contribution is 0.0839. The van der Waals surface area contributed by atoms with E-state index in [1.54, 1.807) is 6.20 Å². The van der Waals surface area contributed by atoms with E-state index in [-0.39, 0.29) is 0 Å². The van der Waals surface area contributed by atoms with Crippen LogP contribution in [0, 0.1) is 0 Å². The Balaban J connectivity index is 2.10. The lowest BCUT2D eigenvalue weighted by atomic mass is 10.1. The topological polar surface area (TPSA) is 52.1 Å². The van der Waals surface area contributed by atoms with Crippen LogP contribution in [0.3, 0.4) is 0 Å². The van der Waals surface area contributed by atoms with Crippen LogP contribution < -0.4 is 4.90 Å². The average Bonchev–Trinajstić information content (AvgIpc) is 2.55. The van der Waals surface area contributed by atoms with Crippen molar-refractivity contribution >= 4 is 5.82 Å². The number of nitrogens with one attached hydrogen (secondary N) is 1. The molecule has 4 heteroatoms. The van der Waals surface area contributed by atoms with Crippen molar-refractivity contribution in [3.05, 3.63) is 12.3 Å². The number of aromatic nitrogens is 2. The zero-order valence-corrected chi connectivity index (χ0v) is 7.12. The van der Waals surface area contributed by atoms with Crippen molar-refractivity contribution in [1.82, 2.24) is 10.2 Å². The van der Waals surface area contributed by atoms with Gasteiger partial charge in [0.1, 0.15) is 5.82 Å². The summed E-state index contributed by atoms with van der Waals surface area (Å²) in [6.45, 7) is 3.43. The molecule has 1 atom stereocenters. The van der Waals surface area contributed by atoms with E-state index >= 15 is 0 Å². The van der Waals surface area contributed by atoms with E-state index in [2.05, 4.69) is 15.1 Å². The number of hydrogen-bond donors (Lipinski definition) is 2. The largest absolute Gasteiger partial charge is 0.388 e. The van der Waals surface area contributed by atoms with Gasteiger partial charge in [0.05, 0.1) is 5.60 Å². The van der Waals surface area contributed by atoms with Crippen molar-refractivity contribution in [2.24, 2.45) is 0 Å². The Morgan fingerprint density at radius 3 is 3.08 bits per heavy atom. The molecule has 1 unspecified atom stereocenters. The molecule has 1 aromatic rings. The summed E-state index contributed by atoms with van der Waals surface area (Å²) in [5, 5.41) is 16.5. The first-order valence-electron chi connectivity index (χ1n) is 4.14. The Hall–Kier alpha value is -1.03. The van der Waals surface area contributed by atoms with Crippen LogP contribution in [0.15, 0.2) is 12.3 Å². The number of H-pyrrole nitrogens is 1. The fourth-order valence-electron chi connectivity index (χ4n) is 1.57. The van der Waals surface area contributed by atoms with Gasteiger partial charge >= 0.3 is 0 Å². The van der Waals surface area contributed by atoms with Gasteiger partial charge < -0.3 is 10.0 Å². The summed E-state index contributed by atoms with van der Waals surface area (Å²) in [6, 6.07) is 1.92. The molecule has 2 N–H and O–H groups in total. The molecule has 0 bridgehead atoms. The van der Waals surface area contributed by atoms with Crippen LogP contribution >= 0.6 is 0 Å². The molecule has 2 heterocycles. The van der Waals surface area contributed by atoms with Crippen LogP contribution in [0.25, 0.3) is 0 Å². The van der Waals surface area contributed by atoms with Gasteiger partial charge in [-0.25, -0.2) is 0 Å². The molecule has 0 amide bonds. The fourth-order valence-corrected chi connectivity index (χ4v) is 1.57. The minimum Gasteiger partial charge on any atom is -0.388 e. The third-order valence-corrected chi connectivity index (χ3v) is 2.26. The summed E-state index contributed by atoms with van der Waals surface area (Å²) in [7, 11) is 0. The first-order chi connectivity index (χ1) is 5.67. The lowest BCUT2D eigenvalue weighted by Gasteiger charge is -2.17. The first-order valence-corrected chi connectivity index (χ1v) is 4.14. The molecule has 0 spiro atoms. The van der Waals surface area contributed by atoms with Gasteiger partial charge in [0.15, 0.2) is 0 Å². The SMILES string of the molecule is CC1(O)CCN(c2cc[nH]n2)C1. The minimum atomic E-state index is -0.543. The van der Waals surface area contributed by atoms with E-state index in [9.17, 15) is 5.11 Å². The van der Waals surface area contributed by atoms with Crippen LogP contribution in [-0.4, -0.2) is 34.0 Å². The summed E-state index contributed by atoms with van der Waals surface area (Å²) in [6.07, 6.45) is 2.61. The molecule has 1 aliphatic heterocycles. The molecular weight excluding hydrogens is 154 g/mol. The van der Waals surface area contributed by atoms with Crippen LogP contribution in [0.4, 0.5) is 5.82 Å². The van der Waals surface area contributed by atoms with Gasteiger partial charge in [-0.15, -0.1) is 0 Å². The number of β-amino-alcohol motifs (C(OH)–C–C–N with tert-alkyl or cyclic N) is 1. The summed E-state index contributed by atoms with van der Waals surface area (Å²) >= 11 is 0. The highest BCUT2D eigenvalue weighted by molar-refractivity contribution is 5.38. The third-order valence-electron chi connectivity index (χ3n) is 2.26. The molecule has 0 radical (unpaired) electrons. The monoisotopic (exact) mass is 167 g/mol. The molecule has 12 heavy (non-hydrogen) atoms. The van der Waals surface area contributed by atoms with Gasteiger partial charge in [0.25, 0.3) is 0 Å². The highest BCUT2D eigenvalue weighted by atomic mass is 16.3. The molecule has 2 rings (SSSR count). The van der Waals surface area contributed by atoms with Crippen molar-refractivity contribution < 1.29 is 5.11 Å². The van der Waals surface area contributed by atoms with Crippen molar-refractivity contribution in [2.75, 3.05) is 18.0 Å². The van der Waals surface area contributed by atoms with Crippen LogP contribution in [-0.2, 0) is 0 Å². The number of rotatable bonds is 1. The Morgan fingerprint density at radius 1 is 1.75 bits per heavy atom. The predicted molar refractivity (Wildman–Crippen MR) is 46.0 cm³/mol. The molecular formula is C8H13N3O. The van der Waals surface area contributed by atoms with Gasteiger partial charge in [0.2, 0.25) is 0 Å². The Morgan fingerprint density at radius 2 is 2.58 bits per heavy atom. The summed E-state index contributed by atoms with van der Waals surface area (Å²) in [5.41, 5.74) is -0.543. The number of anilines is 1. The quantitative estimate of drug-likeness (QED) is 0.635. The molecule has 0 aromatic carbocycles. The third kappa shape index (κ3) is 1.30. The van der Waals surface area contributed by atoms with Gasteiger partial charge in [0, 0.05) is 25.4 Å². The lowest BCUT2D eigenvalue weighted by Crippen LogP contribution is -2.29. The molecule has 1 aliphatic rings. The van der Waals surface area contributed by atoms with E-state index < -0.39 is 5.60 Å². The summed E-state index contributed by atoms with van der Waals surface area (Å²) in [5.74, 6) is 0.924. The van der Waals surface area contributed by atoms with Gasteiger partial charge in [-0.3, -0.25) is 5.10 Å². The van der Waals surface area contributed by atoms with E-state index in [1.807, 2.05) is 13.0 Å². The van der Waals surface area contributed by atoms with Crippen molar-refractivity contribution in [1.29, 1.82) is 0 Å². The zero-order valence-electron chi connectivity index (χ0n) is 7.12. The number of aliphatic hydroxyl groups is 1. The molecule has 4 nitrogen and oxygen atoms in total. The van der Waals surface area contributed by atoms with E-state index in [0.29, 0.717) is 6.54 Å². The second kappa shape index (κ2) is 2.48. The molecule has 1 saturated heterocycles.